The summed E-state index contributed by atoms with van der Waals surface area (Å²) in [4.78, 5) is 0. The van der Waals surface area contributed by atoms with Crippen molar-refractivity contribution in [3.05, 3.63) is 22.7 Å². The van der Waals surface area contributed by atoms with Crippen molar-refractivity contribution >= 4 is 11.6 Å². The second kappa shape index (κ2) is 2.54. The molecule has 1 aliphatic heterocycles. The molecule has 0 aliphatic carbocycles. The van der Waals surface area contributed by atoms with Gasteiger partial charge in [-0.15, -0.1) is 0 Å². The number of ether oxygens (including phenoxy) is 1. The third-order valence-corrected chi connectivity index (χ3v) is 2.23. The number of phenolic OH excluding ortho intramolecular Hbond substituents is 1. The number of nitrogens with two attached hydrogens (primary N) is 1. The average molecular weight is 186 g/mol. The Bertz CT molecular complexity index is 327. The van der Waals surface area contributed by atoms with Gasteiger partial charge in [-0.3, -0.25) is 0 Å². The predicted octanol–water partition coefficient (Wildman–Crippen LogP) is 1.44. The molecule has 64 valence electrons. The van der Waals surface area contributed by atoms with Crippen molar-refractivity contribution in [2.45, 2.75) is 6.04 Å². The lowest BCUT2D eigenvalue weighted by Crippen LogP contribution is -2.11. The molecule has 4 heteroatoms. The van der Waals surface area contributed by atoms with Gasteiger partial charge in [-0.25, -0.2) is 0 Å². The van der Waals surface area contributed by atoms with Crippen LogP contribution < -0.4 is 10.5 Å². The Labute approximate surface area is 74.7 Å². The largest absolute Gasteiger partial charge is 0.504 e. The molecule has 0 saturated heterocycles. The Hall–Kier alpha value is -0.930. The van der Waals surface area contributed by atoms with E-state index in [0.29, 0.717) is 22.9 Å². The molecule has 0 fully saturated rings. The van der Waals surface area contributed by atoms with Crippen LogP contribution in [0.25, 0.3) is 0 Å². The van der Waals surface area contributed by atoms with Crippen LogP contribution in [0.1, 0.15) is 11.6 Å². The van der Waals surface area contributed by atoms with Crippen LogP contribution in [0.4, 0.5) is 0 Å². The second-order valence-corrected chi connectivity index (χ2v) is 3.13. The lowest BCUT2D eigenvalue weighted by molar-refractivity contribution is 0.317. The Morgan fingerprint density at radius 2 is 2.33 bits per heavy atom. The van der Waals surface area contributed by atoms with Gasteiger partial charge in [-0.05, 0) is 12.1 Å². The van der Waals surface area contributed by atoms with Gasteiger partial charge in [0.25, 0.3) is 0 Å². The van der Waals surface area contributed by atoms with Gasteiger partial charge in [0, 0.05) is 10.6 Å². The summed E-state index contributed by atoms with van der Waals surface area (Å²) < 4.78 is 5.16. The van der Waals surface area contributed by atoms with E-state index in [0.717, 1.165) is 0 Å². The van der Waals surface area contributed by atoms with Crippen molar-refractivity contribution < 1.29 is 9.84 Å². The molecule has 1 aliphatic rings. The number of rotatable bonds is 0. The van der Waals surface area contributed by atoms with Crippen LogP contribution in [0.2, 0.25) is 5.02 Å². The molecule has 0 spiro atoms. The van der Waals surface area contributed by atoms with Crippen molar-refractivity contribution in [3.8, 4) is 11.5 Å². The number of halogens is 1. The molecule has 12 heavy (non-hydrogen) atoms. The lowest BCUT2D eigenvalue weighted by Gasteiger charge is -2.04. The zero-order chi connectivity index (χ0) is 8.72. The number of benzene rings is 1. The van der Waals surface area contributed by atoms with Crippen LogP contribution in [0.3, 0.4) is 0 Å². The summed E-state index contributed by atoms with van der Waals surface area (Å²) in [6.45, 7) is 0.382. The Morgan fingerprint density at radius 1 is 1.58 bits per heavy atom. The first kappa shape index (κ1) is 7.71. The highest BCUT2D eigenvalue weighted by molar-refractivity contribution is 6.31. The summed E-state index contributed by atoms with van der Waals surface area (Å²) in [5.74, 6) is 0.525. The van der Waals surface area contributed by atoms with Crippen molar-refractivity contribution in [1.82, 2.24) is 0 Å². The van der Waals surface area contributed by atoms with Gasteiger partial charge in [0.05, 0.1) is 6.04 Å². The minimum absolute atomic E-state index is 0.0994. The molecular formula is C8H8ClNO2. The number of hydrogen-bond donors (Lipinski definition) is 2. The van der Waals surface area contributed by atoms with Crippen LogP contribution in [0.15, 0.2) is 12.1 Å². The van der Waals surface area contributed by atoms with Crippen molar-refractivity contribution in [3.63, 3.8) is 0 Å². The van der Waals surface area contributed by atoms with Crippen LogP contribution in [-0.2, 0) is 0 Å². The maximum absolute atomic E-state index is 9.33. The van der Waals surface area contributed by atoms with E-state index in [1.54, 1.807) is 6.07 Å². The topological polar surface area (TPSA) is 55.5 Å². The molecule has 1 atom stereocenters. The van der Waals surface area contributed by atoms with E-state index in [2.05, 4.69) is 0 Å². The normalized spacial score (nSPS) is 20.3. The van der Waals surface area contributed by atoms with E-state index in [-0.39, 0.29) is 11.8 Å². The van der Waals surface area contributed by atoms with Crippen LogP contribution in [0, 0.1) is 0 Å². The summed E-state index contributed by atoms with van der Waals surface area (Å²) in [5.41, 5.74) is 6.40. The fourth-order valence-electron chi connectivity index (χ4n) is 1.32. The molecular weight excluding hydrogens is 178 g/mol. The molecule has 1 heterocycles. The van der Waals surface area contributed by atoms with E-state index >= 15 is 0 Å². The summed E-state index contributed by atoms with van der Waals surface area (Å²) in [6, 6.07) is 2.89. The number of phenols is 1. The minimum Gasteiger partial charge on any atom is -0.504 e. The fourth-order valence-corrected chi connectivity index (χ4v) is 1.61. The lowest BCUT2D eigenvalue weighted by atomic mass is 10.1. The number of aromatic hydroxyl groups is 1. The van der Waals surface area contributed by atoms with Crippen molar-refractivity contribution in [1.29, 1.82) is 0 Å². The third-order valence-electron chi connectivity index (χ3n) is 1.90. The van der Waals surface area contributed by atoms with Gasteiger partial charge >= 0.3 is 0 Å². The summed E-state index contributed by atoms with van der Waals surface area (Å²) in [5, 5.41) is 9.88. The molecule has 3 N–H and O–H groups in total. The van der Waals surface area contributed by atoms with E-state index < -0.39 is 0 Å². The zero-order valence-corrected chi connectivity index (χ0v) is 7.01. The monoisotopic (exact) mass is 185 g/mol. The van der Waals surface area contributed by atoms with E-state index in [1.807, 2.05) is 0 Å². The molecule has 0 bridgehead atoms. The maximum Gasteiger partial charge on any atom is 0.167 e. The quantitative estimate of drug-likeness (QED) is 0.643. The van der Waals surface area contributed by atoms with Gasteiger partial charge in [-0.2, -0.15) is 0 Å². The first-order valence-corrected chi connectivity index (χ1v) is 3.97. The van der Waals surface area contributed by atoms with E-state index in [4.69, 9.17) is 22.1 Å². The third kappa shape index (κ3) is 0.940. The molecule has 0 amide bonds. The highest BCUT2D eigenvalue weighted by atomic mass is 35.5. The first-order chi connectivity index (χ1) is 5.70. The van der Waals surface area contributed by atoms with Gasteiger partial charge < -0.3 is 15.6 Å². The van der Waals surface area contributed by atoms with E-state index in [9.17, 15) is 5.11 Å². The van der Waals surface area contributed by atoms with Gasteiger partial charge in [-0.1, -0.05) is 11.6 Å². The number of hydrogen-bond acceptors (Lipinski definition) is 3. The standard InChI is InChI=1S/C8H8ClNO2/c9-4-1-2-6(11)8-7(4)5(10)3-12-8/h1-2,5,11H,3,10H2/t5-/m0/s1. The fraction of sp³-hybridized carbons (Fsp3) is 0.250. The van der Waals surface area contributed by atoms with Crippen LogP contribution in [0.5, 0.6) is 11.5 Å². The number of fused-ring (bicyclic) bond motifs is 1. The average Bonchev–Trinajstić information content (AvgIpc) is 2.42. The van der Waals surface area contributed by atoms with Crippen LogP contribution in [-0.4, -0.2) is 11.7 Å². The van der Waals surface area contributed by atoms with Gasteiger partial charge in [0.1, 0.15) is 6.61 Å². The first-order valence-electron chi connectivity index (χ1n) is 3.60. The Balaban J connectivity index is 2.64. The smallest absolute Gasteiger partial charge is 0.167 e. The Morgan fingerprint density at radius 3 is 3.00 bits per heavy atom. The highest BCUT2D eigenvalue weighted by Gasteiger charge is 2.26. The molecule has 3 nitrogen and oxygen atoms in total. The summed E-state index contributed by atoms with van der Waals surface area (Å²) in [7, 11) is 0. The molecule has 1 aromatic rings. The molecule has 1 aromatic carbocycles. The minimum atomic E-state index is -0.223. The second-order valence-electron chi connectivity index (χ2n) is 2.73. The van der Waals surface area contributed by atoms with E-state index in [1.165, 1.54) is 6.07 Å². The molecule has 0 aromatic heterocycles. The molecule has 2 rings (SSSR count). The van der Waals surface area contributed by atoms with Crippen molar-refractivity contribution in [2.24, 2.45) is 5.73 Å². The molecule has 0 unspecified atom stereocenters. The van der Waals surface area contributed by atoms with Gasteiger partial charge in [0.2, 0.25) is 0 Å². The van der Waals surface area contributed by atoms with Crippen LogP contribution >= 0.6 is 11.6 Å². The Kier molecular flexibility index (Phi) is 1.63. The zero-order valence-electron chi connectivity index (χ0n) is 6.25. The van der Waals surface area contributed by atoms with Gasteiger partial charge in [0.15, 0.2) is 11.5 Å². The molecule has 0 saturated carbocycles. The SMILES string of the molecule is N[C@H]1COc2c(O)ccc(Cl)c21. The summed E-state index contributed by atoms with van der Waals surface area (Å²) in [6.07, 6.45) is 0. The highest BCUT2D eigenvalue weighted by Crippen LogP contribution is 2.42. The summed E-state index contributed by atoms with van der Waals surface area (Å²) >= 11 is 5.87. The molecule has 0 radical (unpaired) electrons. The maximum atomic E-state index is 9.33. The van der Waals surface area contributed by atoms with Crippen molar-refractivity contribution in [2.75, 3.05) is 6.61 Å². The predicted molar refractivity (Wildman–Crippen MR) is 45.5 cm³/mol.